The number of carboxylic acid groups (broad SMARTS) is 1. The van der Waals surface area contributed by atoms with Crippen molar-refractivity contribution >= 4 is 17.8 Å². The van der Waals surface area contributed by atoms with Gasteiger partial charge in [0.1, 0.15) is 5.75 Å². The Labute approximate surface area is 278 Å². The van der Waals surface area contributed by atoms with Gasteiger partial charge in [-0.2, -0.15) is 0 Å². The molecule has 0 aliphatic rings. The number of hydrogen-bond donors (Lipinski definition) is 3. The molecule has 0 fully saturated rings. The topological polar surface area (TPSA) is 105 Å². The second-order valence-electron chi connectivity index (χ2n) is 11.8. The molecule has 2 atom stereocenters. The number of carbonyl (C=O) groups is 3. The highest BCUT2D eigenvalue weighted by molar-refractivity contribution is 5.95. The van der Waals surface area contributed by atoms with Gasteiger partial charge in [0.2, 0.25) is 0 Å². The number of nitrogens with one attached hydrogen (secondary N) is 2. The Balaban J connectivity index is 1.65. The molecule has 0 aromatic heterocycles. The lowest BCUT2D eigenvalue weighted by molar-refractivity contribution is -0.274. The van der Waals surface area contributed by atoms with Crippen LogP contribution in [0.2, 0.25) is 0 Å². The summed E-state index contributed by atoms with van der Waals surface area (Å²) in [6.45, 7) is 8.13. The highest BCUT2D eigenvalue weighted by atomic mass is 19.4. The van der Waals surface area contributed by atoms with Crippen molar-refractivity contribution in [3.63, 3.8) is 0 Å². The predicted octanol–water partition coefficient (Wildman–Crippen LogP) is 8.44. The maximum Gasteiger partial charge on any atom is 0.573 e. The first kappa shape index (κ1) is 35.7. The highest BCUT2D eigenvalue weighted by Gasteiger charge is 2.32. The number of alkyl halides is 3. The Morgan fingerprint density at radius 1 is 0.792 bits per heavy atom. The molecule has 0 radical (unpaired) electrons. The number of carboxylic acids is 1. The monoisotopic (exact) mass is 660 g/mol. The van der Waals surface area contributed by atoms with Crippen LogP contribution in [0.5, 0.6) is 5.75 Å². The smallest absolute Gasteiger partial charge is 0.481 e. The van der Waals surface area contributed by atoms with Gasteiger partial charge in [-0.1, -0.05) is 67.4 Å². The predicted molar refractivity (Wildman–Crippen MR) is 178 cm³/mol. The molecule has 4 aromatic rings. The molecule has 4 rings (SSSR count). The molecule has 10 heteroatoms. The Morgan fingerprint density at radius 2 is 1.33 bits per heavy atom. The Hall–Kier alpha value is -5.12. The highest BCUT2D eigenvalue weighted by Crippen LogP contribution is 2.37. The van der Waals surface area contributed by atoms with Gasteiger partial charge in [0, 0.05) is 23.6 Å². The lowest BCUT2D eigenvalue weighted by Gasteiger charge is -2.29. The van der Waals surface area contributed by atoms with E-state index in [2.05, 4.69) is 41.4 Å². The minimum atomic E-state index is -4.84. The van der Waals surface area contributed by atoms with Gasteiger partial charge in [-0.25, -0.2) is 0 Å². The molecule has 0 saturated carbocycles. The van der Waals surface area contributed by atoms with Crippen molar-refractivity contribution in [2.75, 3.05) is 6.54 Å². The van der Waals surface area contributed by atoms with Crippen LogP contribution in [0.1, 0.15) is 86.7 Å². The van der Waals surface area contributed by atoms with Crippen LogP contribution >= 0.6 is 0 Å². The summed E-state index contributed by atoms with van der Waals surface area (Å²) in [6.07, 6.45) is -3.71. The second-order valence-corrected chi connectivity index (χ2v) is 11.8. The molecule has 4 aromatic carbocycles. The number of carbonyl (C=O) groups excluding carboxylic acids is 2. The number of aliphatic carboxylic acids is 1. The Bertz CT molecular complexity index is 1710. The van der Waals surface area contributed by atoms with Gasteiger partial charge in [0.05, 0.1) is 12.5 Å². The lowest BCUT2D eigenvalue weighted by atomic mass is 9.83. The van der Waals surface area contributed by atoms with Gasteiger partial charge < -0.3 is 20.5 Å². The van der Waals surface area contributed by atoms with Crippen molar-refractivity contribution in [1.82, 2.24) is 10.6 Å². The van der Waals surface area contributed by atoms with Crippen LogP contribution in [-0.4, -0.2) is 35.8 Å². The van der Waals surface area contributed by atoms with Crippen LogP contribution in [0.15, 0.2) is 84.9 Å². The summed E-state index contributed by atoms with van der Waals surface area (Å²) in [4.78, 5) is 37.1. The second kappa shape index (κ2) is 15.6. The van der Waals surface area contributed by atoms with E-state index >= 15 is 0 Å². The Kier molecular flexibility index (Phi) is 11.6. The van der Waals surface area contributed by atoms with E-state index in [-0.39, 0.29) is 30.5 Å². The number of ether oxygens (including phenoxy) is 1. The first-order chi connectivity index (χ1) is 22.8. The zero-order valence-electron chi connectivity index (χ0n) is 27.3. The van der Waals surface area contributed by atoms with Crippen molar-refractivity contribution in [2.24, 2.45) is 0 Å². The molecule has 48 heavy (non-hydrogen) atoms. The zero-order valence-corrected chi connectivity index (χ0v) is 27.3. The number of rotatable bonds is 13. The minimum absolute atomic E-state index is 0.0122. The van der Waals surface area contributed by atoms with Crippen LogP contribution in [0.3, 0.4) is 0 Å². The number of hydrogen-bond acceptors (Lipinski definition) is 4. The van der Waals surface area contributed by atoms with Crippen molar-refractivity contribution in [1.29, 1.82) is 0 Å². The SMILES string of the molecule is CCCC(c1ccc(C(=O)NCCC(=O)O)cc1)[C@@H](NC(=O)c1ccc(-c2c(C)cc(C)cc2C)cc1)c1ccc(OC(F)(F)F)cc1. The van der Waals surface area contributed by atoms with Gasteiger partial charge >= 0.3 is 12.3 Å². The fraction of sp³-hybridized carbons (Fsp3) is 0.289. The third-order valence-corrected chi connectivity index (χ3v) is 8.10. The summed E-state index contributed by atoms with van der Waals surface area (Å²) in [5.74, 6) is -2.48. The molecule has 7 nitrogen and oxygen atoms in total. The summed E-state index contributed by atoms with van der Waals surface area (Å²) in [6, 6.07) is 23.2. The zero-order chi connectivity index (χ0) is 35.0. The summed E-state index contributed by atoms with van der Waals surface area (Å²) in [5, 5.41) is 14.5. The van der Waals surface area contributed by atoms with Gasteiger partial charge in [0.25, 0.3) is 11.8 Å². The maximum absolute atomic E-state index is 13.8. The first-order valence-electron chi connectivity index (χ1n) is 15.7. The quantitative estimate of drug-likeness (QED) is 0.134. The van der Waals surface area contributed by atoms with E-state index in [1.807, 2.05) is 26.0 Å². The molecule has 252 valence electrons. The third-order valence-electron chi connectivity index (χ3n) is 8.10. The summed E-state index contributed by atoms with van der Waals surface area (Å²) in [5.41, 5.74) is 7.67. The Morgan fingerprint density at radius 3 is 1.88 bits per heavy atom. The summed E-state index contributed by atoms with van der Waals surface area (Å²) in [7, 11) is 0. The summed E-state index contributed by atoms with van der Waals surface area (Å²) >= 11 is 0. The molecule has 0 heterocycles. The van der Waals surface area contributed by atoms with Crippen molar-refractivity contribution in [2.45, 2.75) is 65.3 Å². The van der Waals surface area contributed by atoms with Crippen LogP contribution in [0, 0.1) is 20.8 Å². The van der Waals surface area contributed by atoms with E-state index in [0.29, 0.717) is 23.1 Å². The van der Waals surface area contributed by atoms with Crippen LogP contribution in [0.25, 0.3) is 11.1 Å². The van der Waals surface area contributed by atoms with Crippen LogP contribution < -0.4 is 15.4 Å². The lowest BCUT2D eigenvalue weighted by Crippen LogP contribution is -2.33. The van der Waals surface area contributed by atoms with Crippen LogP contribution in [-0.2, 0) is 4.79 Å². The number of amides is 2. The van der Waals surface area contributed by atoms with E-state index in [9.17, 15) is 27.6 Å². The van der Waals surface area contributed by atoms with Gasteiger partial charge in [0.15, 0.2) is 0 Å². The molecule has 1 unspecified atom stereocenters. The van der Waals surface area contributed by atoms with Crippen molar-refractivity contribution in [3.8, 4) is 16.9 Å². The molecular formula is C38H39F3N2O5. The van der Waals surface area contributed by atoms with Gasteiger partial charge in [-0.15, -0.1) is 13.2 Å². The minimum Gasteiger partial charge on any atom is -0.481 e. The van der Waals surface area contributed by atoms with E-state index in [4.69, 9.17) is 5.11 Å². The number of aryl methyl sites for hydroxylation is 3. The third kappa shape index (κ3) is 9.47. The maximum atomic E-state index is 13.8. The molecule has 0 spiro atoms. The van der Waals surface area contributed by atoms with E-state index < -0.39 is 24.3 Å². The molecule has 0 bridgehead atoms. The normalized spacial score (nSPS) is 12.6. The molecular weight excluding hydrogens is 621 g/mol. The van der Waals surface area contributed by atoms with Gasteiger partial charge in [-0.05, 0) is 97.0 Å². The van der Waals surface area contributed by atoms with E-state index in [1.54, 1.807) is 36.4 Å². The van der Waals surface area contributed by atoms with Crippen molar-refractivity contribution in [3.05, 3.63) is 124 Å². The fourth-order valence-electron chi connectivity index (χ4n) is 6.04. The molecule has 3 N–H and O–H groups in total. The number of benzene rings is 4. The fourth-order valence-corrected chi connectivity index (χ4v) is 6.04. The number of halogens is 3. The molecule has 0 aliphatic heterocycles. The average Bonchev–Trinajstić information content (AvgIpc) is 3.02. The van der Waals surface area contributed by atoms with Crippen molar-refractivity contribution < 1.29 is 37.4 Å². The average molecular weight is 661 g/mol. The van der Waals surface area contributed by atoms with E-state index in [1.165, 1.54) is 29.8 Å². The largest absolute Gasteiger partial charge is 0.573 e. The summed E-state index contributed by atoms with van der Waals surface area (Å²) < 4.78 is 42.7. The van der Waals surface area contributed by atoms with Crippen LogP contribution in [0.4, 0.5) is 13.2 Å². The first-order valence-corrected chi connectivity index (χ1v) is 15.7. The molecule has 0 aliphatic carbocycles. The van der Waals surface area contributed by atoms with Gasteiger partial charge in [-0.3, -0.25) is 14.4 Å². The van der Waals surface area contributed by atoms with E-state index in [0.717, 1.165) is 34.2 Å². The molecule has 2 amide bonds. The standard InChI is InChI=1S/C38H39F3N2O5/c1-5-6-32(26-7-11-29(12-8-26)36(46)42-20-19-33(44)45)35(28-15-17-31(18-16-28)48-38(39,40)41)43-37(47)30-13-9-27(10-14-30)34-24(3)21-23(2)22-25(34)4/h7-18,21-22,32,35H,5-6,19-20H2,1-4H3,(H,42,46)(H,43,47)(H,44,45)/t32?,35-/m0/s1. The molecule has 0 saturated heterocycles.